The number of pyridine rings is 1. The van der Waals surface area contributed by atoms with E-state index < -0.39 is 0 Å². The van der Waals surface area contributed by atoms with Gasteiger partial charge in [0.05, 0.1) is 32.2 Å². The largest absolute Gasteiger partial charge is 0.497 e. The number of aryl methyl sites for hydroxylation is 1. The SMILES string of the molecule is COc1ccc(OC)c(-c2cc(C(=O)NCc3ccccn3)n(C)n2)c1. The molecule has 2 heterocycles. The maximum Gasteiger partial charge on any atom is 0.269 e. The molecule has 1 amide bonds. The van der Waals surface area contributed by atoms with E-state index in [1.54, 1.807) is 38.2 Å². The van der Waals surface area contributed by atoms with Crippen LogP contribution in [0.5, 0.6) is 11.5 Å². The second-order valence-corrected chi connectivity index (χ2v) is 5.61. The molecule has 7 nitrogen and oxygen atoms in total. The van der Waals surface area contributed by atoms with Crippen molar-refractivity contribution in [2.24, 2.45) is 7.05 Å². The molecule has 0 bridgehead atoms. The lowest BCUT2D eigenvalue weighted by Gasteiger charge is -2.08. The highest BCUT2D eigenvalue weighted by Gasteiger charge is 2.17. The van der Waals surface area contributed by atoms with Crippen LogP contribution in [0.2, 0.25) is 0 Å². The molecule has 3 aromatic rings. The molecule has 0 saturated heterocycles. The lowest BCUT2D eigenvalue weighted by Crippen LogP contribution is -2.25. The van der Waals surface area contributed by atoms with Gasteiger partial charge in [-0.3, -0.25) is 14.5 Å². The van der Waals surface area contributed by atoms with Crippen LogP contribution in [-0.2, 0) is 13.6 Å². The Bertz CT molecular complexity index is 906. The fraction of sp³-hybridized carbons (Fsp3) is 0.211. The smallest absolute Gasteiger partial charge is 0.269 e. The first-order chi connectivity index (χ1) is 12.6. The van der Waals surface area contributed by atoms with Gasteiger partial charge in [0.2, 0.25) is 0 Å². The quantitative estimate of drug-likeness (QED) is 0.737. The van der Waals surface area contributed by atoms with Crippen molar-refractivity contribution in [2.45, 2.75) is 6.54 Å². The summed E-state index contributed by atoms with van der Waals surface area (Å²) in [6.45, 7) is 0.350. The van der Waals surface area contributed by atoms with E-state index in [4.69, 9.17) is 9.47 Å². The molecule has 0 spiro atoms. The molecular weight excluding hydrogens is 332 g/mol. The van der Waals surface area contributed by atoms with Crippen molar-refractivity contribution in [1.29, 1.82) is 0 Å². The van der Waals surface area contributed by atoms with E-state index in [9.17, 15) is 4.79 Å². The third-order valence-electron chi connectivity index (χ3n) is 3.95. The zero-order valence-corrected chi connectivity index (χ0v) is 14.9. The summed E-state index contributed by atoms with van der Waals surface area (Å²) in [6, 6.07) is 12.7. The minimum Gasteiger partial charge on any atom is -0.497 e. The van der Waals surface area contributed by atoms with Crippen molar-refractivity contribution in [2.75, 3.05) is 14.2 Å². The predicted octanol–water partition coefficient (Wildman–Crippen LogP) is 2.43. The summed E-state index contributed by atoms with van der Waals surface area (Å²) >= 11 is 0. The highest BCUT2D eigenvalue weighted by molar-refractivity contribution is 5.93. The first-order valence-electron chi connectivity index (χ1n) is 8.07. The van der Waals surface area contributed by atoms with Gasteiger partial charge in [0.25, 0.3) is 5.91 Å². The second-order valence-electron chi connectivity index (χ2n) is 5.61. The highest BCUT2D eigenvalue weighted by Crippen LogP contribution is 2.32. The van der Waals surface area contributed by atoms with Crippen molar-refractivity contribution in [3.63, 3.8) is 0 Å². The number of ether oxygens (including phenoxy) is 2. The maximum absolute atomic E-state index is 12.5. The van der Waals surface area contributed by atoms with E-state index in [-0.39, 0.29) is 5.91 Å². The number of amides is 1. The molecule has 7 heteroatoms. The van der Waals surface area contributed by atoms with Crippen molar-refractivity contribution >= 4 is 5.91 Å². The van der Waals surface area contributed by atoms with Crippen LogP contribution < -0.4 is 14.8 Å². The topological polar surface area (TPSA) is 78.3 Å². The maximum atomic E-state index is 12.5. The van der Waals surface area contributed by atoms with Gasteiger partial charge in [0.15, 0.2) is 0 Å². The Balaban J connectivity index is 1.84. The van der Waals surface area contributed by atoms with Gasteiger partial charge in [-0.05, 0) is 36.4 Å². The minimum atomic E-state index is -0.223. The average Bonchev–Trinajstić information content (AvgIpc) is 3.08. The molecule has 0 radical (unpaired) electrons. The standard InChI is InChI=1S/C19H20N4O3/c1-23-17(19(24)21-12-13-6-4-5-9-20-13)11-16(22-23)15-10-14(25-2)7-8-18(15)26-3/h4-11H,12H2,1-3H3,(H,21,24). The van der Waals surface area contributed by atoms with Crippen LogP contribution >= 0.6 is 0 Å². The van der Waals surface area contributed by atoms with Gasteiger partial charge in [-0.1, -0.05) is 6.07 Å². The molecule has 2 aromatic heterocycles. The molecule has 0 saturated carbocycles. The fourth-order valence-electron chi connectivity index (χ4n) is 2.59. The van der Waals surface area contributed by atoms with Crippen LogP contribution in [0, 0.1) is 0 Å². The first-order valence-corrected chi connectivity index (χ1v) is 8.07. The van der Waals surface area contributed by atoms with Crippen LogP contribution in [0.3, 0.4) is 0 Å². The number of rotatable bonds is 6. The highest BCUT2D eigenvalue weighted by atomic mass is 16.5. The Morgan fingerprint density at radius 1 is 1.15 bits per heavy atom. The lowest BCUT2D eigenvalue weighted by molar-refractivity contribution is 0.0941. The van der Waals surface area contributed by atoms with E-state index in [0.717, 1.165) is 11.3 Å². The molecule has 0 aliphatic carbocycles. The van der Waals surface area contributed by atoms with E-state index in [1.165, 1.54) is 0 Å². The van der Waals surface area contributed by atoms with Gasteiger partial charge in [0.1, 0.15) is 17.2 Å². The molecule has 0 aliphatic heterocycles. The second kappa shape index (κ2) is 7.69. The molecular formula is C19H20N4O3. The van der Waals surface area contributed by atoms with Crippen LogP contribution in [-0.4, -0.2) is 34.9 Å². The zero-order chi connectivity index (χ0) is 18.5. The number of benzene rings is 1. The fourth-order valence-corrected chi connectivity index (χ4v) is 2.59. The van der Waals surface area contributed by atoms with Gasteiger partial charge in [-0.25, -0.2) is 0 Å². The van der Waals surface area contributed by atoms with E-state index >= 15 is 0 Å². The van der Waals surface area contributed by atoms with Crippen LogP contribution in [0.4, 0.5) is 0 Å². The molecule has 3 rings (SSSR count). The van der Waals surface area contributed by atoms with Gasteiger partial charge >= 0.3 is 0 Å². The molecule has 0 unspecified atom stereocenters. The molecule has 0 fully saturated rings. The number of nitrogens with one attached hydrogen (secondary N) is 1. The van der Waals surface area contributed by atoms with E-state index in [1.807, 2.05) is 36.4 Å². The number of nitrogens with zero attached hydrogens (tertiary/aromatic N) is 3. The summed E-state index contributed by atoms with van der Waals surface area (Å²) in [6.07, 6.45) is 1.69. The van der Waals surface area contributed by atoms with Crippen LogP contribution in [0.15, 0.2) is 48.7 Å². The molecule has 0 atom stereocenters. The Morgan fingerprint density at radius 2 is 2.00 bits per heavy atom. The van der Waals surface area contributed by atoms with Gasteiger partial charge in [-0.15, -0.1) is 0 Å². The normalized spacial score (nSPS) is 10.4. The first kappa shape index (κ1) is 17.5. The number of hydrogen-bond donors (Lipinski definition) is 1. The number of carbonyl (C=O) groups excluding carboxylic acids is 1. The third-order valence-corrected chi connectivity index (χ3v) is 3.95. The van der Waals surface area contributed by atoms with Gasteiger partial charge in [-0.2, -0.15) is 5.10 Å². The molecule has 1 aromatic carbocycles. The zero-order valence-electron chi connectivity index (χ0n) is 14.9. The van der Waals surface area contributed by atoms with E-state index in [2.05, 4.69) is 15.4 Å². The van der Waals surface area contributed by atoms with Crippen molar-refractivity contribution in [3.05, 3.63) is 60.0 Å². The molecule has 134 valence electrons. The Kier molecular flexibility index (Phi) is 5.17. The molecule has 26 heavy (non-hydrogen) atoms. The van der Waals surface area contributed by atoms with Gasteiger partial charge in [0, 0.05) is 18.8 Å². The van der Waals surface area contributed by atoms with Crippen molar-refractivity contribution in [3.8, 4) is 22.8 Å². The van der Waals surface area contributed by atoms with Crippen molar-refractivity contribution < 1.29 is 14.3 Å². The van der Waals surface area contributed by atoms with E-state index in [0.29, 0.717) is 29.4 Å². The minimum absolute atomic E-state index is 0.223. The monoisotopic (exact) mass is 352 g/mol. The summed E-state index contributed by atoms with van der Waals surface area (Å²) < 4.78 is 12.2. The summed E-state index contributed by atoms with van der Waals surface area (Å²) in [5.41, 5.74) is 2.62. The van der Waals surface area contributed by atoms with Gasteiger partial charge < -0.3 is 14.8 Å². The van der Waals surface area contributed by atoms with Crippen LogP contribution in [0.1, 0.15) is 16.2 Å². The number of aromatic nitrogens is 3. The summed E-state index contributed by atoms with van der Waals surface area (Å²) in [5.74, 6) is 1.12. The predicted molar refractivity (Wildman–Crippen MR) is 97.2 cm³/mol. The summed E-state index contributed by atoms with van der Waals surface area (Å²) in [5, 5.41) is 7.30. The molecule has 0 aliphatic rings. The number of hydrogen-bond acceptors (Lipinski definition) is 5. The number of carbonyl (C=O) groups is 1. The lowest BCUT2D eigenvalue weighted by atomic mass is 10.1. The Hall–Kier alpha value is -3.35. The molecule has 1 N–H and O–H groups in total. The summed E-state index contributed by atoms with van der Waals surface area (Å²) in [4.78, 5) is 16.7. The average molecular weight is 352 g/mol. The number of methoxy groups -OCH3 is 2. The van der Waals surface area contributed by atoms with Crippen LogP contribution in [0.25, 0.3) is 11.3 Å². The Labute approximate surface area is 151 Å². The third kappa shape index (κ3) is 3.66. The Morgan fingerprint density at radius 3 is 2.69 bits per heavy atom. The summed E-state index contributed by atoms with van der Waals surface area (Å²) in [7, 11) is 4.92. The van der Waals surface area contributed by atoms with Crippen molar-refractivity contribution in [1.82, 2.24) is 20.1 Å².